The zero-order valence-electron chi connectivity index (χ0n) is 13.0. The smallest absolute Gasteiger partial charge is 0.115 e. The van der Waals surface area contributed by atoms with Gasteiger partial charge in [-0.3, -0.25) is 0 Å². The number of benzene rings is 2. The van der Waals surface area contributed by atoms with Gasteiger partial charge in [-0.25, -0.2) is 0 Å². The molecule has 0 spiro atoms. The summed E-state index contributed by atoms with van der Waals surface area (Å²) in [7, 11) is 4.07. The van der Waals surface area contributed by atoms with Crippen LogP contribution in [0.4, 0.5) is 5.69 Å². The van der Waals surface area contributed by atoms with Gasteiger partial charge in [0.15, 0.2) is 0 Å². The second-order valence-electron chi connectivity index (χ2n) is 5.83. The molecule has 2 rings (SSSR count). The van der Waals surface area contributed by atoms with Crippen LogP contribution in [0.5, 0.6) is 5.75 Å². The molecule has 0 bridgehead atoms. The largest absolute Gasteiger partial charge is 0.508 e. The summed E-state index contributed by atoms with van der Waals surface area (Å²) in [5.74, 6) is 0.299. The van der Waals surface area contributed by atoms with Gasteiger partial charge in [0.2, 0.25) is 0 Å². The predicted octanol–water partition coefficient (Wildman–Crippen LogP) is 3.01. The zero-order valence-corrected chi connectivity index (χ0v) is 13.0. The van der Waals surface area contributed by atoms with Gasteiger partial charge in [0, 0.05) is 31.2 Å². The highest BCUT2D eigenvalue weighted by Gasteiger charge is 2.27. The van der Waals surface area contributed by atoms with Gasteiger partial charge in [-0.2, -0.15) is 0 Å². The maximum atomic E-state index is 9.40. The summed E-state index contributed by atoms with van der Waals surface area (Å²) in [5.41, 5.74) is 2.44. The van der Waals surface area contributed by atoms with Crippen LogP contribution in [-0.2, 0) is 5.41 Å². The Hall–Kier alpha value is -2.00. The van der Waals surface area contributed by atoms with Crippen LogP contribution in [0.15, 0.2) is 54.6 Å². The molecule has 2 aromatic rings. The first-order valence-electron chi connectivity index (χ1n) is 7.25. The van der Waals surface area contributed by atoms with E-state index in [1.165, 1.54) is 5.56 Å². The van der Waals surface area contributed by atoms with E-state index in [1.807, 2.05) is 25.2 Å². The minimum Gasteiger partial charge on any atom is -0.508 e. The molecule has 1 atom stereocenters. The Labute approximate surface area is 127 Å². The van der Waals surface area contributed by atoms with Crippen molar-refractivity contribution in [2.45, 2.75) is 12.3 Å². The van der Waals surface area contributed by atoms with Crippen LogP contribution in [0, 0.1) is 0 Å². The van der Waals surface area contributed by atoms with E-state index in [0.29, 0.717) is 5.75 Å². The number of nitrogens with zero attached hydrogens (tertiary/aromatic N) is 1. The van der Waals surface area contributed by atoms with E-state index in [1.54, 1.807) is 12.1 Å². The van der Waals surface area contributed by atoms with Crippen LogP contribution in [0.25, 0.3) is 0 Å². The van der Waals surface area contributed by atoms with E-state index in [2.05, 4.69) is 48.5 Å². The van der Waals surface area contributed by atoms with Gasteiger partial charge >= 0.3 is 0 Å². The number of hydrogen-bond donors (Lipinski definition) is 2. The molecule has 2 N–H and O–H groups in total. The van der Waals surface area contributed by atoms with Crippen molar-refractivity contribution in [2.24, 2.45) is 0 Å². The van der Waals surface area contributed by atoms with Gasteiger partial charge in [0.25, 0.3) is 0 Å². The molecule has 3 nitrogen and oxygen atoms in total. The van der Waals surface area contributed by atoms with Crippen molar-refractivity contribution in [1.29, 1.82) is 0 Å². The molecular formula is C18H24N2O. The average Bonchev–Trinajstić information content (AvgIpc) is 2.49. The lowest BCUT2D eigenvalue weighted by atomic mass is 9.81. The first kappa shape index (κ1) is 15.4. The summed E-state index contributed by atoms with van der Waals surface area (Å²) in [6.07, 6.45) is 0. The van der Waals surface area contributed by atoms with E-state index in [-0.39, 0.29) is 5.41 Å². The first-order chi connectivity index (χ1) is 10.0. The fraction of sp³-hybridized carbons (Fsp3) is 0.333. The molecular weight excluding hydrogens is 260 g/mol. The van der Waals surface area contributed by atoms with E-state index < -0.39 is 0 Å². The molecule has 0 aliphatic carbocycles. The summed E-state index contributed by atoms with van der Waals surface area (Å²) in [4.78, 5) is 2.23. The Morgan fingerprint density at radius 3 is 2.24 bits per heavy atom. The van der Waals surface area contributed by atoms with Crippen LogP contribution < -0.4 is 10.2 Å². The highest BCUT2D eigenvalue weighted by atomic mass is 16.3. The molecule has 3 heteroatoms. The maximum Gasteiger partial charge on any atom is 0.115 e. The third-order valence-electron chi connectivity index (χ3n) is 3.91. The zero-order chi connectivity index (χ0) is 15.3. The van der Waals surface area contributed by atoms with Crippen LogP contribution in [0.3, 0.4) is 0 Å². The van der Waals surface area contributed by atoms with Gasteiger partial charge in [-0.05, 0) is 36.9 Å². The quantitative estimate of drug-likeness (QED) is 0.856. The van der Waals surface area contributed by atoms with Crippen LogP contribution in [-0.4, -0.2) is 32.3 Å². The fourth-order valence-corrected chi connectivity index (χ4v) is 2.80. The number of phenols is 1. The Balaban J connectivity index is 2.21. The average molecular weight is 284 g/mol. The normalized spacial score (nSPS) is 13.7. The number of nitrogens with one attached hydrogen (secondary N) is 1. The third kappa shape index (κ3) is 3.76. The predicted molar refractivity (Wildman–Crippen MR) is 89.1 cm³/mol. The third-order valence-corrected chi connectivity index (χ3v) is 3.91. The highest BCUT2D eigenvalue weighted by Crippen LogP contribution is 2.27. The number of likely N-dealkylation sites (N-methyl/N-ethyl adjacent to an activating group) is 2. The summed E-state index contributed by atoms with van der Waals surface area (Å²) in [5, 5.41) is 12.7. The van der Waals surface area contributed by atoms with Crippen molar-refractivity contribution in [3.8, 4) is 5.75 Å². The molecule has 0 heterocycles. The molecule has 0 aliphatic heterocycles. The topological polar surface area (TPSA) is 35.5 Å². The molecule has 21 heavy (non-hydrogen) atoms. The van der Waals surface area contributed by atoms with E-state index in [4.69, 9.17) is 0 Å². The van der Waals surface area contributed by atoms with Crippen molar-refractivity contribution in [2.75, 3.05) is 32.1 Å². The molecule has 0 saturated heterocycles. The van der Waals surface area contributed by atoms with Crippen LogP contribution >= 0.6 is 0 Å². The number of hydrogen-bond acceptors (Lipinski definition) is 3. The fourth-order valence-electron chi connectivity index (χ4n) is 2.80. The minimum absolute atomic E-state index is 0.0165. The van der Waals surface area contributed by atoms with Gasteiger partial charge < -0.3 is 15.3 Å². The first-order valence-corrected chi connectivity index (χ1v) is 7.25. The van der Waals surface area contributed by atoms with Gasteiger partial charge in [-0.1, -0.05) is 37.3 Å². The highest BCUT2D eigenvalue weighted by molar-refractivity contribution is 5.49. The molecule has 0 radical (unpaired) electrons. The minimum atomic E-state index is 0.0165. The standard InChI is InChI=1S/C18H24N2O/c1-18(13-19-2,15-7-5-4-6-8-15)14-20(3)16-9-11-17(21)12-10-16/h4-12,19,21H,13-14H2,1-3H3. The van der Waals surface area contributed by atoms with Gasteiger partial charge in [0.05, 0.1) is 0 Å². The van der Waals surface area contributed by atoms with Crippen LogP contribution in [0.1, 0.15) is 12.5 Å². The lowest BCUT2D eigenvalue weighted by Gasteiger charge is -2.35. The Kier molecular flexibility index (Phi) is 4.86. The summed E-state index contributed by atoms with van der Waals surface area (Å²) in [6, 6.07) is 17.9. The molecule has 0 aliphatic rings. The van der Waals surface area contributed by atoms with Crippen molar-refractivity contribution < 1.29 is 5.11 Å². The molecule has 2 aromatic carbocycles. The molecule has 1 unspecified atom stereocenters. The number of aromatic hydroxyl groups is 1. The molecule has 112 valence electrons. The number of rotatable bonds is 6. The lowest BCUT2D eigenvalue weighted by molar-refractivity contribution is 0.450. The van der Waals surface area contributed by atoms with Crippen molar-refractivity contribution in [3.63, 3.8) is 0 Å². The maximum absolute atomic E-state index is 9.40. The van der Waals surface area contributed by atoms with Gasteiger partial charge in [-0.15, -0.1) is 0 Å². The Morgan fingerprint density at radius 1 is 1.05 bits per heavy atom. The molecule has 0 amide bonds. The second kappa shape index (κ2) is 6.64. The summed E-state index contributed by atoms with van der Waals surface area (Å²) >= 11 is 0. The number of anilines is 1. The van der Waals surface area contributed by atoms with Crippen molar-refractivity contribution in [3.05, 3.63) is 60.2 Å². The van der Waals surface area contributed by atoms with Gasteiger partial charge in [0.1, 0.15) is 5.75 Å². The SMILES string of the molecule is CNCC(C)(CN(C)c1ccc(O)cc1)c1ccccc1. The van der Waals surface area contributed by atoms with E-state index in [0.717, 1.165) is 18.8 Å². The summed E-state index contributed by atoms with van der Waals surface area (Å²) < 4.78 is 0. The molecule has 0 fully saturated rings. The summed E-state index contributed by atoms with van der Waals surface area (Å²) in [6.45, 7) is 4.07. The molecule has 0 aromatic heterocycles. The number of phenolic OH excluding ortho intramolecular Hbond substituents is 1. The molecule has 0 saturated carbocycles. The van der Waals surface area contributed by atoms with E-state index in [9.17, 15) is 5.11 Å². The monoisotopic (exact) mass is 284 g/mol. The van der Waals surface area contributed by atoms with Crippen molar-refractivity contribution in [1.82, 2.24) is 5.32 Å². The Bertz CT molecular complexity index is 553. The van der Waals surface area contributed by atoms with E-state index >= 15 is 0 Å². The van der Waals surface area contributed by atoms with Crippen LogP contribution in [0.2, 0.25) is 0 Å². The lowest BCUT2D eigenvalue weighted by Crippen LogP contribution is -2.43. The second-order valence-corrected chi connectivity index (χ2v) is 5.83. The Morgan fingerprint density at radius 2 is 1.67 bits per heavy atom. The van der Waals surface area contributed by atoms with Crippen molar-refractivity contribution >= 4 is 5.69 Å².